The number of thioether (sulfide) groups is 1. The number of nitrogens with zero attached hydrogens (tertiary/aromatic N) is 3. The van der Waals surface area contributed by atoms with Crippen LogP contribution < -0.4 is 5.32 Å². The molecule has 0 radical (unpaired) electrons. The fourth-order valence-electron chi connectivity index (χ4n) is 2.17. The molecule has 0 bridgehead atoms. The van der Waals surface area contributed by atoms with E-state index in [0.29, 0.717) is 10.8 Å². The van der Waals surface area contributed by atoms with Gasteiger partial charge < -0.3 is 15.0 Å². The minimum absolute atomic E-state index is 0.0425. The van der Waals surface area contributed by atoms with Crippen LogP contribution in [0, 0.1) is 0 Å². The van der Waals surface area contributed by atoms with E-state index in [9.17, 15) is 9.90 Å². The van der Waals surface area contributed by atoms with Crippen LogP contribution in [-0.4, -0.2) is 31.5 Å². The topological polar surface area (TPSA) is 80.0 Å². The number of hydrogen-bond acceptors (Lipinski definition) is 5. The van der Waals surface area contributed by atoms with Crippen LogP contribution in [0.5, 0.6) is 5.75 Å². The smallest absolute Gasteiger partial charge is 0.234 e. The number of carbonyl (C=O) groups excluding carboxylic acids is 1. The third-order valence-corrected chi connectivity index (χ3v) is 4.40. The molecule has 24 heavy (non-hydrogen) atoms. The van der Waals surface area contributed by atoms with Gasteiger partial charge in [-0.1, -0.05) is 54.2 Å². The number of rotatable bonds is 5. The van der Waals surface area contributed by atoms with Crippen LogP contribution in [0.15, 0.2) is 59.8 Å². The molecule has 1 amide bonds. The van der Waals surface area contributed by atoms with Gasteiger partial charge in [0.15, 0.2) is 11.0 Å². The molecule has 6 nitrogen and oxygen atoms in total. The van der Waals surface area contributed by atoms with Gasteiger partial charge in [-0.25, -0.2) is 0 Å². The number of benzene rings is 2. The van der Waals surface area contributed by atoms with Crippen LogP contribution in [0.4, 0.5) is 5.69 Å². The molecule has 0 aliphatic rings. The Kier molecular flexibility index (Phi) is 4.81. The number of anilines is 1. The van der Waals surface area contributed by atoms with E-state index in [1.807, 2.05) is 41.9 Å². The SMILES string of the molecule is Cn1c(SCC(=O)Nc2ccccc2O)nnc1-c1ccccc1. The minimum atomic E-state index is -0.217. The highest BCUT2D eigenvalue weighted by molar-refractivity contribution is 7.99. The number of hydrogen-bond donors (Lipinski definition) is 2. The maximum absolute atomic E-state index is 12.0. The Morgan fingerprint density at radius 2 is 1.83 bits per heavy atom. The molecule has 0 saturated carbocycles. The normalized spacial score (nSPS) is 10.5. The van der Waals surface area contributed by atoms with Crippen LogP contribution in [0.2, 0.25) is 0 Å². The Labute approximate surface area is 143 Å². The highest BCUT2D eigenvalue weighted by Gasteiger charge is 2.13. The van der Waals surface area contributed by atoms with Crippen molar-refractivity contribution < 1.29 is 9.90 Å². The summed E-state index contributed by atoms with van der Waals surface area (Å²) >= 11 is 1.29. The Bertz CT molecular complexity index is 849. The number of carbonyl (C=O) groups is 1. The second kappa shape index (κ2) is 7.18. The maximum atomic E-state index is 12.0. The number of amides is 1. The lowest BCUT2D eigenvalue weighted by atomic mass is 10.2. The van der Waals surface area contributed by atoms with E-state index in [2.05, 4.69) is 15.5 Å². The van der Waals surface area contributed by atoms with Crippen molar-refractivity contribution in [3.05, 3.63) is 54.6 Å². The Hall–Kier alpha value is -2.80. The van der Waals surface area contributed by atoms with Gasteiger partial charge in [-0.15, -0.1) is 10.2 Å². The number of aromatic hydroxyl groups is 1. The van der Waals surface area contributed by atoms with Gasteiger partial charge in [0.1, 0.15) is 5.75 Å². The zero-order valence-electron chi connectivity index (χ0n) is 13.0. The molecule has 1 heterocycles. The summed E-state index contributed by atoms with van der Waals surface area (Å²) in [6, 6.07) is 16.4. The van der Waals surface area contributed by atoms with Gasteiger partial charge in [-0.05, 0) is 12.1 Å². The lowest BCUT2D eigenvalue weighted by Gasteiger charge is -2.07. The average molecular weight is 340 g/mol. The minimum Gasteiger partial charge on any atom is -0.506 e. The zero-order chi connectivity index (χ0) is 16.9. The van der Waals surface area contributed by atoms with Crippen molar-refractivity contribution in [1.82, 2.24) is 14.8 Å². The first-order chi connectivity index (χ1) is 11.6. The molecule has 0 unspecified atom stereocenters. The van der Waals surface area contributed by atoms with E-state index < -0.39 is 0 Å². The highest BCUT2D eigenvalue weighted by Crippen LogP contribution is 2.24. The zero-order valence-corrected chi connectivity index (χ0v) is 13.8. The van der Waals surface area contributed by atoms with Crippen molar-refractivity contribution in [1.29, 1.82) is 0 Å². The quantitative estimate of drug-likeness (QED) is 0.551. The van der Waals surface area contributed by atoms with E-state index >= 15 is 0 Å². The van der Waals surface area contributed by atoms with E-state index in [1.165, 1.54) is 17.8 Å². The van der Waals surface area contributed by atoms with Gasteiger partial charge in [0.05, 0.1) is 11.4 Å². The van der Waals surface area contributed by atoms with Crippen molar-refractivity contribution in [2.24, 2.45) is 7.05 Å². The van der Waals surface area contributed by atoms with Crippen molar-refractivity contribution in [2.75, 3.05) is 11.1 Å². The summed E-state index contributed by atoms with van der Waals surface area (Å²) in [5.41, 5.74) is 1.36. The largest absolute Gasteiger partial charge is 0.506 e. The summed E-state index contributed by atoms with van der Waals surface area (Å²) in [6.07, 6.45) is 0. The first kappa shape index (κ1) is 16.1. The fourth-order valence-corrected chi connectivity index (χ4v) is 2.89. The van der Waals surface area contributed by atoms with Gasteiger partial charge >= 0.3 is 0 Å². The number of phenolic OH excluding ortho intramolecular Hbond substituents is 1. The van der Waals surface area contributed by atoms with Crippen LogP contribution >= 0.6 is 11.8 Å². The molecule has 3 rings (SSSR count). The lowest BCUT2D eigenvalue weighted by Crippen LogP contribution is -2.14. The number of aromatic nitrogens is 3. The maximum Gasteiger partial charge on any atom is 0.234 e. The molecule has 0 fully saturated rings. The van der Waals surface area contributed by atoms with E-state index in [4.69, 9.17) is 0 Å². The molecule has 2 aromatic carbocycles. The number of phenols is 1. The molecule has 3 aromatic rings. The second-order valence-corrected chi connectivity index (χ2v) is 6.03. The summed E-state index contributed by atoms with van der Waals surface area (Å²) in [5, 5.41) is 21.3. The predicted octanol–water partition coefficient (Wildman–Crippen LogP) is 2.92. The molecule has 1 aromatic heterocycles. The van der Waals surface area contributed by atoms with E-state index in [1.54, 1.807) is 18.2 Å². The van der Waals surface area contributed by atoms with Crippen LogP contribution in [-0.2, 0) is 11.8 Å². The number of para-hydroxylation sites is 2. The van der Waals surface area contributed by atoms with Gasteiger partial charge in [-0.2, -0.15) is 0 Å². The van der Waals surface area contributed by atoms with Crippen molar-refractivity contribution in [3.8, 4) is 17.1 Å². The Balaban J connectivity index is 1.64. The third kappa shape index (κ3) is 3.57. The Morgan fingerprint density at radius 3 is 2.58 bits per heavy atom. The lowest BCUT2D eigenvalue weighted by molar-refractivity contribution is -0.113. The van der Waals surface area contributed by atoms with Gasteiger partial charge in [0.2, 0.25) is 5.91 Å². The molecule has 0 atom stereocenters. The molecule has 7 heteroatoms. The van der Waals surface area contributed by atoms with Gasteiger partial charge in [-0.3, -0.25) is 4.79 Å². The van der Waals surface area contributed by atoms with Gasteiger partial charge in [0.25, 0.3) is 0 Å². The fraction of sp³-hybridized carbons (Fsp3) is 0.118. The first-order valence-electron chi connectivity index (χ1n) is 7.30. The molecular weight excluding hydrogens is 324 g/mol. The van der Waals surface area contributed by atoms with E-state index in [0.717, 1.165) is 11.4 Å². The number of nitrogens with one attached hydrogen (secondary N) is 1. The predicted molar refractivity (Wildman–Crippen MR) is 93.9 cm³/mol. The molecule has 0 saturated heterocycles. The van der Waals surface area contributed by atoms with Crippen LogP contribution in [0.3, 0.4) is 0 Å². The summed E-state index contributed by atoms with van der Waals surface area (Å²) in [5.74, 6) is 0.751. The second-order valence-electron chi connectivity index (χ2n) is 5.09. The Morgan fingerprint density at radius 1 is 1.12 bits per heavy atom. The molecule has 122 valence electrons. The standard InChI is InChI=1S/C17H16N4O2S/c1-21-16(12-7-3-2-4-8-12)19-20-17(21)24-11-15(23)18-13-9-5-6-10-14(13)22/h2-10,22H,11H2,1H3,(H,18,23). The summed E-state index contributed by atoms with van der Waals surface area (Å²) in [6.45, 7) is 0. The molecule has 0 aliphatic heterocycles. The van der Waals surface area contributed by atoms with Gasteiger partial charge in [0, 0.05) is 12.6 Å². The third-order valence-electron chi connectivity index (χ3n) is 3.38. The first-order valence-corrected chi connectivity index (χ1v) is 8.29. The molecule has 0 aliphatic carbocycles. The monoisotopic (exact) mass is 340 g/mol. The average Bonchev–Trinajstić information content (AvgIpc) is 2.97. The summed E-state index contributed by atoms with van der Waals surface area (Å²) in [7, 11) is 1.87. The van der Waals surface area contributed by atoms with Crippen molar-refractivity contribution in [3.63, 3.8) is 0 Å². The molecular formula is C17H16N4O2S. The highest BCUT2D eigenvalue weighted by atomic mass is 32.2. The van der Waals surface area contributed by atoms with E-state index in [-0.39, 0.29) is 17.4 Å². The van der Waals surface area contributed by atoms with Crippen molar-refractivity contribution in [2.45, 2.75) is 5.16 Å². The van der Waals surface area contributed by atoms with Crippen LogP contribution in [0.25, 0.3) is 11.4 Å². The molecule has 2 N–H and O–H groups in total. The molecule has 0 spiro atoms. The van der Waals surface area contributed by atoms with Crippen molar-refractivity contribution >= 4 is 23.4 Å². The summed E-state index contributed by atoms with van der Waals surface area (Å²) < 4.78 is 1.85. The summed E-state index contributed by atoms with van der Waals surface area (Å²) in [4.78, 5) is 12.0. The van der Waals surface area contributed by atoms with Crippen LogP contribution in [0.1, 0.15) is 0 Å².